The molecule has 24 heavy (non-hydrogen) atoms. The third-order valence-electron chi connectivity index (χ3n) is 4.47. The molecule has 1 aliphatic heterocycles. The number of hydrogen-bond donors (Lipinski definition) is 0. The average molecular weight is 323 g/mol. The van der Waals surface area contributed by atoms with Gasteiger partial charge < -0.3 is 9.47 Å². The zero-order valence-corrected chi connectivity index (χ0v) is 14.9. The van der Waals surface area contributed by atoms with E-state index in [9.17, 15) is 0 Å². The van der Waals surface area contributed by atoms with Gasteiger partial charge >= 0.3 is 0 Å². The van der Waals surface area contributed by atoms with E-state index in [2.05, 4.69) is 39.0 Å². The number of ether oxygens (including phenoxy) is 2. The van der Waals surface area contributed by atoms with Crippen LogP contribution in [0.2, 0.25) is 0 Å². The molecule has 1 heterocycles. The standard InChI is InChI=1S/C21H25NO2/c1-21(2,3)20-12-16-10-19(18(23-4)11-17(16)13-22-20)24-14-15-8-6-5-7-9-15/h5-11,13,20H,12,14H2,1-4H3/t20-/m1/s1. The summed E-state index contributed by atoms with van der Waals surface area (Å²) in [6.45, 7) is 7.23. The number of hydrogen-bond acceptors (Lipinski definition) is 3. The Balaban J connectivity index is 1.84. The number of methoxy groups -OCH3 is 1. The quantitative estimate of drug-likeness (QED) is 0.819. The second-order valence-electron chi connectivity index (χ2n) is 7.34. The van der Waals surface area contributed by atoms with Crippen molar-refractivity contribution in [3.63, 3.8) is 0 Å². The van der Waals surface area contributed by atoms with Gasteiger partial charge in [-0.3, -0.25) is 4.99 Å². The molecule has 0 bridgehead atoms. The average Bonchev–Trinajstić information content (AvgIpc) is 2.58. The van der Waals surface area contributed by atoms with Gasteiger partial charge in [-0.2, -0.15) is 0 Å². The van der Waals surface area contributed by atoms with E-state index in [1.807, 2.05) is 30.5 Å². The first-order chi connectivity index (χ1) is 11.5. The van der Waals surface area contributed by atoms with Crippen molar-refractivity contribution in [3.8, 4) is 11.5 Å². The predicted octanol–water partition coefficient (Wildman–Crippen LogP) is 4.66. The Morgan fingerprint density at radius 2 is 1.83 bits per heavy atom. The summed E-state index contributed by atoms with van der Waals surface area (Å²) in [5.41, 5.74) is 3.69. The number of nitrogens with zero attached hydrogens (tertiary/aromatic N) is 1. The molecule has 0 aliphatic carbocycles. The van der Waals surface area contributed by atoms with Crippen LogP contribution in [0, 0.1) is 5.41 Å². The van der Waals surface area contributed by atoms with Crippen molar-refractivity contribution >= 4 is 6.21 Å². The Kier molecular flexibility index (Phi) is 4.61. The van der Waals surface area contributed by atoms with Crippen molar-refractivity contribution in [1.82, 2.24) is 0 Å². The van der Waals surface area contributed by atoms with Gasteiger partial charge in [-0.05, 0) is 40.7 Å². The maximum atomic E-state index is 6.03. The Morgan fingerprint density at radius 3 is 2.50 bits per heavy atom. The molecule has 0 N–H and O–H groups in total. The first-order valence-corrected chi connectivity index (χ1v) is 8.38. The minimum absolute atomic E-state index is 0.152. The van der Waals surface area contributed by atoms with Crippen LogP contribution < -0.4 is 9.47 Å². The fourth-order valence-corrected chi connectivity index (χ4v) is 2.88. The first kappa shape index (κ1) is 16.6. The lowest BCUT2D eigenvalue weighted by atomic mass is 9.81. The highest BCUT2D eigenvalue weighted by Gasteiger charge is 2.27. The van der Waals surface area contributed by atoms with Crippen LogP contribution in [0.1, 0.15) is 37.5 Å². The fourth-order valence-electron chi connectivity index (χ4n) is 2.88. The summed E-state index contributed by atoms with van der Waals surface area (Å²) in [5.74, 6) is 1.55. The van der Waals surface area contributed by atoms with E-state index in [0.717, 1.165) is 29.0 Å². The van der Waals surface area contributed by atoms with Gasteiger partial charge in [0.15, 0.2) is 11.5 Å². The third-order valence-corrected chi connectivity index (χ3v) is 4.47. The van der Waals surface area contributed by atoms with E-state index < -0.39 is 0 Å². The zero-order chi connectivity index (χ0) is 17.2. The Labute approximate surface area is 144 Å². The Hall–Kier alpha value is -2.29. The van der Waals surface area contributed by atoms with Gasteiger partial charge in [0.2, 0.25) is 0 Å². The van der Waals surface area contributed by atoms with Crippen LogP contribution in [-0.2, 0) is 13.0 Å². The number of benzene rings is 2. The van der Waals surface area contributed by atoms with E-state index in [1.54, 1.807) is 7.11 Å². The van der Waals surface area contributed by atoms with Gasteiger partial charge in [0, 0.05) is 6.21 Å². The molecule has 1 atom stereocenters. The van der Waals surface area contributed by atoms with E-state index in [0.29, 0.717) is 12.6 Å². The molecule has 1 aliphatic rings. The van der Waals surface area contributed by atoms with Crippen molar-refractivity contribution in [3.05, 3.63) is 59.2 Å². The van der Waals surface area contributed by atoms with Gasteiger partial charge in [0.05, 0.1) is 13.2 Å². The fraction of sp³-hybridized carbons (Fsp3) is 0.381. The molecule has 0 saturated heterocycles. The summed E-state index contributed by atoms with van der Waals surface area (Å²) in [4.78, 5) is 4.72. The summed E-state index contributed by atoms with van der Waals surface area (Å²) in [6.07, 6.45) is 2.90. The SMILES string of the molecule is COc1cc2c(cc1OCc1ccccc1)C[C@H](C(C)(C)C)N=C2. The van der Waals surface area contributed by atoms with Crippen LogP contribution in [0.5, 0.6) is 11.5 Å². The maximum absolute atomic E-state index is 6.03. The predicted molar refractivity (Wildman–Crippen MR) is 98.3 cm³/mol. The second kappa shape index (κ2) is 6.68. The molecule has 0 unspecified atom stereocenters. The van der Waals surface area contributed by atoms with E-state index in [1.165, 1.54) is 5.56 Å². The molecule has 3 nitrogen and oxygen atoms in total. The molecule has 0 fully saturated rings. The number of rotatable bonds is 4. The highest BCUT2D eigenvalue weighted by molar-refractivity contribution is 5.84. The van der Waals surface area contributed by atoms with Crippen molar-refractivity contribution in [1.29, 1.82) is 0 Å². The minimum Gasteiger partial charge on any atom is -0.493 e. The molecule has 2 aromatic carbocycles. The molecular weight excluding hydrogens is 298 g/mol. The first-order valence-electron chi connectivity index (χ1n) is 8.38. The van der Waals surface area contributed by atoms with Crippen LogP contribution in [0.3, 0.4) is 0 Å². The lowest BCUT2D eigenvalue weighted by Gasteiger charge is -2.30. The normalized spacial score (nSPS) is 16.6. The molecule has 3 rings (SSSR count). The van der Waals surface area contributed by atoms with Crippen molar-refractivity contribution in [2.75, 3.05) is 7.11 Å². The lowest BCUT2D eigenvalue weighted by molar-refractivity contribution is 0.283. The molecule has 0 amide bonds. The van der Waals surface area contributed by atoms with E-state index >= 15 is 0 Å². The highest BCUT2D eigenvalue weighted by atomic mass is 16.5. The number of aliphatic imine (C=N–C) groups is 1. The van der Waals surface area contributed by atoms with Gasteiger partial charge in [0.25, 0.3) is 0 Å². The maximum Gasteiger partial charge on any atom is 0.161 e. The van der Waals surface area contributed by atoms with Gasteiger partial charge in [0.1, 0.15) is 6.61 Å². The number of fused-ring (bicyclic) bond motifs is 1. The molecule has 0 aromatic heterocycles. The van der Waals surface area contributed by atoms with Crippen LogP contribution in [0.15, 0.2) is 47.5 Å². The van der Waals surface area contributed by atoms with Crippen LogP contribution in [-0.4, -0.2) is 19.4 Å². The van der Waals surface area contributed by atoms with Crippen molar-refractivity contribution in [2.45, 2.75) is 39.8 Å². The molecule has 0 spiro atoms. The molecule has 2 aromatic rings. The summed E-state index contributed by atoms with van der Waals surface area (Å²) in [6, 6.07) is 14.6. The lowest BCUT2D eigenvalue weighted by Crippen LogP contribution is -2.29. The molecule has 3 heteroatoms. The topological polar surface area (TPSA) is 30.8 Å². The molecular formula is C21H25NO2. The van der Waals surface area contributed by atoms with Crippen molar-refractivity contribution in [2.24, 2.45) is 10.4 Å². The minimum atomic E-state index is 0.152. The second-order valence-corrected chi connectivity index (χ2v) is 7.34. The Morgan fingerprint density at radius 1 is 1.08 bits per heavy atom. The highest BCUT2D eigenvalue weighted by Crippen LogP contribution is 2.35. The van der Waals surface area contributed by atoms with Crippen LogP contribution in [0.4, 0.5) is 0 Å². The molecule has 0 radical (unpaired) electrons. The summed E-state index contributed by atoms with van der Waals surface area (Å²) < 4.78 is 11.5. The van der Waals surface area contributed by atoms with Crippen LogP contribution in [0.25, 0.3) is 0 Å². The smallest absolute Gasteiger partial charge is 0.161 e. The zero-order valence-electron chi connectivity index (χ0n) is 14.9. The van der Waals surface area contributed by atoms with Gasteiger partial charge in [-0.25, -0.2) is 0 Å². The summed E-state index contributed by atoms with van der Waals surface area (Å²) in [7, 11) is 1.68. The van der Waals surface area contributed by atoms with Crippen molar-refractivity contribution < 1.29 is 9.47 Å². The van der Waals surface area contributed by atoms with E-state index in [-0.39, 0.29) is 5.41 Å². The Bertz CT molecular complexity index is 729. The van der Waals surface area contributed by atoms with Crippen LogP contribution >= 0.6 is 0 Å². The largest absolute Gasteiger partial charge is 0.493 e. The summed E-state index contributed by atoms with van der Waals surface area (Å²) >= 11 is 0. The monoisotopic (exact) mass is 323 g/mol. The molecule has 0 saturated carbocycles. The molecule has 126 valence electrons. The van der Waals surface area contributed by atoms with Gasteiger partial charge in [-0.15, -0.1) is 0 Å². The van der Waals surface area contributed by atoms with Gasteiger partial charge in [-0.1, -0.05) is 51.1 Å². The van der Waals surface area contributed by atoms with E-state index in [4.69, 9.17) is 14.5 Å². The third kappa shape index (κ3) is 3.61. The summed E-state index contributed by atoms with van der Waals surface area (Å²) in [5, 5.41) is 0.